The molecule has 0 saturated carbocycles. The topological polar surface area (TPSA) is 46.8 Å². The summed E-state index contributed by atoms with van der Waals surface area (Å²) in [7, 11) is 0. The average molecular weight is 502 g/mol. The number of rotatable bonds is 9. The van der Waals surface area contributed by atoms with Crippen molar-refractivity contribution in [3.8, 4) is 0 Å². The summed E-state index contributed by atoms with van der Waals surface area (Å²) in [6, 6.07) is 24.7. The molecule has 0 aliphatic rings. The van der Waals surface area contributed by atoms with Crippen molar-refractivity contribution in [1.29, 1.82) is 0 Å². The number of nitrogens with zero attached hydrogens (tertiary/aromatic N) is 5. The van der Waals surface area contributed by atoms with Crippen LogP contribution in [0.25, 0.3) is 0 Å². The molecule has 0 bridgehead atoms. The summed E-state index contributed by atoms with van der Waals surface area (Å²) in [6.45, 7) is 3.65. The lowest BCUT2D eigenvalue weighted by atomic mass is 10.0. The van der Waals surface area contributed by atoms with Crippen LogP contribution in [0, 0.1) is 0 Å². The van der Waals surface area contributed by atoms with Gasteiger partial charge in [-0.15, -0.1) is 17.5 Å². The van der Waals surface area contributed by atoms with Crippen molar-refractivity contribution in [2.75, 3.05) is 6.54 Å². The maximum absolute atomic E-state index is 13.5. The highest BCUT2D eigenvalue weighted by atomic mass is 35.5. The molecular formula is C26H27ClF3N5. The predicted octanol–water partition coefficient (Wildman–Crippen LogP) is 5.97. The van der Waals surface area contributed by atoms with E-state index in [-0.39, 0.29) is 12.4 Å². The molecule has 0 radical (unpaired) electrons. The summed E-state index contributed by atoms with van der Waals surface area (Å²) in [6.07, 6.45) is -3.73. The van der Waals surface area contributed by atoms with Crippen molar-refractivity contribution in [2.45, 2.75) is 38.7 Å². The zero-order valence-corrected chi connectivity index (χ0v) is 20.1. The van der Waals surface area contributed by atoms with E-state index >= 15 is 0 Å². The molecule has 184 valence electrons. The van der Waals surface area contributed by atoms with E-state index in [9.17, 15) is 13.2 Å². The molecule has 3 aromatic carbocycles. The predicted molar refractivity (Wildman–Crippen MR) is 131 cm³/mol. The van der Waals surface area contributed by atoms with Gasteiger partial charge in [-0.05, 0) is 52.2 Å². The van der Waals surface area contributed by atoms with Crippen molar-refractivity contribution in [1.82, 2.24) is 25.1 Å². The first-order valence-electron chi connectivity index (χ1n) is 11.2. The molecule has 0 aliphatic heterocycles. The third-order valence-corrected chi connectivity index (χ3v) is 5.79. The fourth-order valence-corrected chi connectivity index (χ4v) is 4.06. The molecule has 0 aliphatic carbocycles. The molecule has 0 spiro atoms. The summed E-state index contributed by atoms with van der Waals surface area (Å²) in [5.41, 5.74) is 2.01. The molecule has 0 fully saturated rings. The van der Waals surface area contributed by atoms with Gasteiger partial charge in [0.05, 0.1) is 11.6 Å². The molecule has 35 heavy (non-hydrogen) atoms. The van der Waals surface area contributed by atoms with E-state index in [0.29, 0.717) is 37.4 Å². The fraction of sp³-hybridized carbons (Fsp3) is 0.269. The second kappa shape index (κ2) is 12.0. The minimum absolute atomic E-state index is 0. The number of hydrogen-bond acceptors (Lipinski definition) is 4. The van der Waals surface area contributed by atoms with Crippen LogP contribution >= 0.6 is 12.4 Å². The summed E-state index contributed by atoms with van der Waals surface area (Å²) >= 11 is 0. The molecule has 9 heteroatoms. The first kappa shape index (κ1) is 26.4. The second-order valence-corrected chi connectivity index (χ2v) is 8.07. The molecule has 1 aromatic heterocycles. The van der Waals surface area contributed by atoms with Gasteiger partial charge < -0.3 is 0 Å². The highest BCUT2D eigenvalue weighted by molar-refractivity contribution is 5.85. The van der Waals surface area contributed by atoms with Gasteiger partial charge in [-0.3, -0.25) is 4.90 Å². The van der Waals surface area contributed by atoms with Gasteiger partial charge in [0.2, 0.25) is 0 Å². The lowest BCUT2D eigenvalue weighted by molar-refractivity contribution is -0.137. The van der Waals surface area contributed by atoms with Crippen LogP contribution in [-0.4, -0.2) is 31.7 Å². The van der Waals surface area contributed by atoms with Crippen LogP contribution in [0.1, 0.15) is 41.0 Å². The molecule has 1 heterocycles. The molecule has 0 N–H and O–H groups in total. The Morgan fingerprint density at radius 2 is 1.54 bits per heavy atom. The maximum atomic E-state index is 13.5. The quantitative estimate of drug-likeness (QED) is 0.283. The van der Waals surface area contributed by atoms with E-state index in [1.165, 1.54) is 12.1 Å². The Bertz CT molecular complexity index is 1180. The molecule has 5 nitrogen and oxygen atoms in total. The second-order valence-electron chi connectivity index (χ2n) is 8.07. The van der Waals surface area contributed by atoms with Crippen molar-refractivity contribution in [2.24, 2.45) is 0 Å². The van der Waals surface area contributed by atoms with E-state index in [4.69, 9.17) is 0 Å². The van der Waals surface area contributed by atoms with Gasteiger partial charge in [-0.25, -0.2) is 4.68 Å². The van der Waals surface area contributed by atoms with E-state index in [1.54, 1.807) is 10.7 Å². The number of hydrogen-bond donors (Lipinski definition) is 0. The van der Waals surface area contributed by atoms with Crippen LogP contribution in [-0.2, 0) is 25.7 Å². The lowest BCUT2D eigenvalue weighted by Gasteiger charge is -2.30. The van der Waals surface area contributed by atoms with Crippen molar-refractivity contribution < 1.29 is 13.2 Å². The van der Waals surface area contributed by atoms with Crippen LogP contribution in [0.5, 0.6) is 0 Å². The Kier molecular flexibility index (Phi) is 9.01. The average Bonchev–Trinajstić information content (AvgIpc) is 3.31. The van der Waals surface area contributed by atoms with Crippen molar-refractivity contribution in [3.05, 3.63) is 113 Å². The maximum Gasteiger partial charge on any atom is 0.416 e. The van der Waals surface area contributed by atoms with E-state index in [1.807, 2.05) is 67.6 Å². The first-order chi connectivity index (χ1) is 16.5. The minimum Gasteiger partial charge on any atom is -0.286 e. The largest absolute Gasteiger partial charge is 0.416 e. The zero-order valence-electron chi connectivity index (χ0n) is 19.3. The fourth-order valence-electron chi connectivity index (χ4n) is 4.06. The SMILES string of the molecule is CCN(Cc1ccccc1)C(c1cccc(C(F)(F)F)c1)c1nnnn1CCc1ccccc1.Cl. The Balaban J connectivity index is 0.00000342. The van der Waals surface area contributed by atoms with Crippen LogP contribution in [0.3, 0.4) is 0 Å². The van der Waals surface area contributed by atoms with Crippen LogP contribution in [0.4, 0.5) is 13.2 Å². The minimum atomic E-state index is -4.43. The Hall–Kier alpha value is -3.23. The summed E-state index contributed by atoms with van der Waals surface area (Å²) < 4.78 is 42.3. The number of aromatic nitrogens is 4. The zero-order chi connectivity index (χ0) is 24.0. The highest BCUT2D eigenvalue weighted by Crippen LogP contribution is 2.34. The Labute approximate surface area is 209 Å². The van der Waals surface area contributed by atoms with Crippen molar-refractivity contribution >= 4 is 12.4 Å². The van der Waals surface area contributed by atoms with Gasteiger partial charge in [0.15, 0.2) is 5.82 Å². The van der Waals surface area contributed by atoms with E-state index in [2.05, 4.69) is 20.4 Å². The van der Waals surface area contributed by atoms with Gasteiger partial charge in [-0.1, -0.05) is 79.7 Å². The van der Waals surface area contributed by atoms with Crippen molar-refractivity contribution in [3.63, 3.8) is 0 Å². The van der Waals surface area contributed by atoms with Gasteiger partial charge in [0.1, 0.15) is 0 Å². The molecule has 1 atom stereocenters. The van der Waals surface area contributed by atoms with Crippen LogP contribution in [0.15, 0.2) is 84.9 Å². The lowest BCUT2D eigenvalue weighted by Crippen LogP contribution is -2.32. The summed E-state index contributed by atoms with van der Waals surface area (Å²) in [5, 5.41) is 12.4. The number of halogens is 4. The number of alkyl halides is 3. The molecule has 1 unspecified atom stereocenters. The highest BCUT2D eigenvalue weighted by Gasteiger charge is 2.33. The number of benzene rings is 3. The third kappa shape index (κ3) is 6.68. The van der Waals surface area contributed by atoms with Crippen LogP contribution < -0.4 is 0 Å². The number of tetrazole rings is 1. The summed E-state index contributed by atoms with van der Waals surface area (Å²) in [4.78, 5) is 2.09. The van der Waals surface area contributed by atoms with Gasteiger partial charge >= 0.3 is 6.18 Å². The molecule has 0 amide bonds. The molecule has 4 aromatic rings. The van der Waals surface area contributed by atoms with E-state index in [0.717, 1.165) is 17.2 Å². The van der Waals surface area contributed by atoms with E-state index < -0.39 is 17.8 Å². The smallest absolute Gasteiger partial charge is 0.286 e. The number of aryl methyl sites for hydroxylation is 2. The van der Waals surface area contributed by atoms with Gasteiger partial charge in [0.25, 0.3) is 0 Å². The normalized spacial score (nSPS) is 12.4. The first-order valence-corrected chi connectivity index (χ1v) is 11.2. The monoisotopic (exact) mass is 501 g/mol. The third-order valence-electron chi connectivity index (χ3n) is 5.79. The molecular weight excluding hydrogens is 475 g/mol. The van der Waals surface area contributed by atoms with Crippen LogP contribution in [0.2, 0.25) is 0 Å². The molecule has 0 saturated heterocycles. The molecule has 4 rings (SSSR count). The summed E-state index contributed by atoms with van der Waals surface area (Å²) in [5.74, 6) is 0.521. The van der Waals surface area contributed by atoms with Gasteiger partial charge in [0, 0.05) is 13.1 Å². The standard InChI is InChI=1S/C26H26F3N5.ClH/c1-2-33(19-21-12-7-4-8-13-21)24(22-14-9-15-23(18-22)26(27,28)29)25-30-31-32-34(25)17-16-20-10-5-3-6-11-20;/h3-15,18,24H,2,16-17,19H2,1H3;1H. The Morgan fingerprint density at radius 3 is 2.17 bits per heavy atom. The Morgan fingerprint density at radius 1 is 0.886 bits per heavy atom. The van der Waals surface area contributed by atoms with Gasteiger partial charge in [-0.2, -0.15) is 13.2 Å².